The molecule has 23 heavy (non-hydrogen) atoms. The summed E-state index contributed by atoms with van der Waals surface area (Å²) in [7, 11) is 0. The van der Waals surface area contributed by atoms with Crippen LogP contribution in [0.2, 0.25) is 0 Å². The Labute approximate surface area is 140 Å². The van der Waals surface area contributed by atoms with Crippen LogP contribution in [-0.4, -0.2) is 40.3 Å². The predicted octanol–water partition coefficient (Wildman–Crippen LogP) is 3.15. The molecule has 0 fully saturated rings. The molecule has 2 N–H and O–H groups in total. The molecule has 0 radical (unpaired) electrons. The molecule has 0 aromatic rings. The van der Waals surface area contributed by atoms with Gasteiger partial charge in [-0.2, -0.15) is 0 Å². The lowest BCUT2D eigenvalue weighted by Gasteiger charge is -2.21. The first-order valence-corrected chi connectivity index (χ1v) is 8.96. The largest absolute Gasteiger partial charge is 0.463 e. The molecule has 0 saturated carbocycles. The van der Waals surface area contributed by atoms with Crippen molar-refractivity contribution in [3.05, 3.63) is 0 Å². The second kappa shape index (κ2) is 12.5. The van der Waals surface area contributed by atoms with E-state index in [1.165, 1.54) is 51.9 Å². The highest BCUT2D eigenvalue weighted by Crippen LogP contribution is 2.13. The van der Waals surface area contributed by atoms with E-state index in [4.69, 9.17) is 9.84 Å². The second-order valence-electron chi connectivity index (χ2n) is 6.43. The number of aliphatic hydroxyl groups is 2. The van der Waals surface area contributed by atoms with Crippen molar-refractivity contribution >= 4 is 11.8 Å². The molecule has 0 aromatic carbocycles. The third-order valence-electron chi connectivity index (χ3n) is 3.99. The summed E-state index contributed by atoms with van der Waals surface area (Å²) >= 11 is 0. The van der Waals surface area contributed by atoms with E-state index in [-0.39, 0.29) is 6.61 Å². The van der Waals surface area contributed by atoms with Crippen LogP contribution >= 0.6 is 0 Å². The van der Waals surface area contributed by atoms with Crippen LogP contribution in [0.4, 0.5) is 0 Å². The fourth-order valence-corrected chi connectivity index (χ4v) is 2.40. The van der Waals surface area contributed by atoms with Crippen LogP contribution in [0.1, 0.15) is 85.0 Å². The van der Waals surface area contributed by atoms with Crippen molar-refractivity contribution in [1.29, 1.82) is 0 Å². The summed E-state index contributed by atoms with van der Waals surface area (Å²) in [5.41, 5.74) is -2.27. The van der Waals surface area contributed by atoms with Crippen molar-refractivity contribution in [1.82, 2.24) is 0 Å². The van der Waals surface area contributed by atoms with E-state index < -0.39 is 23.5 Å². The number of ketones is 1. The summed E-state index contributed by atoms with van der Waals surface area (Å²) in [4.78, 5) is 23.2. The van der Waals surface area contributed by atoms with Gasteiger partial charge in [-0.15, -0.1) is 0 Å². The van der Waals surface area contributed by atoms with Crippen LogP contribution in [0.25, 0.3) is 0 Å². The fourth-order valence-electron chi connectivity index (χ4n) is 2.40. The van der Waals surface area contributed by atoms with Gasteiger partial charge in [0, 0.05) is 0 Å². The third kappa shape index (κ3) is 9.72. The fraction of sp³-hybridized carbons (Fsp3) is 0.889. The number of rotatable bonds is 14. The van der Waals surface area contributed by atoms with E-state index in [0.29, 0.717) is 0 Å². The maximum Gasteiger partial charge on any atom is 0.345 e. The van der Waals surface area contributed by atoms with Gasteiger partial charge < -0.3 is 14.9 Å². The Bertz CT molecular complexity index is 336. The molecule has 0 spiro atoms. The number of hydrogen-bond acceptors (Lipinski definition) is 5. The Morgan fingerprint density at radius 1 is 0.957 bits per heavy atom. The van der Waals surface area contributed by atoms with Gasteiger partial charge in [0.1, 0.15) is 6.10 Å². The zero-order chi connectivity index (χ0) is 17.7. The first-order chi connectivity index (χ1) is 10.8. The monoisotopic (exact) mass is 330 g/mol. The maximum absolute atomic E-state index is 11.7. The maximum atomic E-state index is 11.7. The standard InChI is InChI=1S/C18H34O5/c1-4-5-6-7-8-9-10-11-12-13-14-23-17(21)18(3,22)16(20)15(2)19/h15,19,22H,4-14H2,1-3H3/t15-,18?/m0/s1. The number of hydrogen-bond donors (Lipinski definition) is 2. The molecule has 0 saturated heterocycles. The molecule has 0 bridgehead atoms. The van der Waals surface area contributed by atoms with Gasteiger partial charge in [0.15, 0.2) is 0 Å². The number of ether oxygens (including phenoxy) is 1. The van der Waals surface area contributed by atoms with Gasteiger partial charge in [-0.05, 0) is 20.3 Å². The summed E-state index contributed by atoms with van der Waals surface area (Å²) in [6, 6.07) is 0. The second-order valence-corrected chi connectivity index (χ2v) is 6.43. The average Bonchev–Trinajstić information content (AvgIpc) is 2.51. The smallest absolute Gasteiger partial charge is 0.345 e. The molecule has 0 aliphatic carbocycles. The SMILES string of the molecule is CCCCCCCCCCCCOC(=O)C(C)(O)C(=O)[C@H](C)O. The topological polar surface area (TPSA) is 83.8 Å². The van der Waals surface area contributed by atoms with Gasteiger partial charge >= 0.3 is 5.97 Å². The summed E-state index contributed by atoms with van der Waals surface area (Å²) in [5.74, 6) is -1.93. The molecule has 5 heteroatoms. The van der Waals surface area contributed by atoms with Crippen LogP contribution in [0.3, 0.4) is 0 Å². The number of Topliss-reactive ketones (excluding diaryl/α,β-unsaturated/α-hetero) is 1. The molecule has 0 aliphatic rings. The van der Waals surface area contributed by atoms with Crippen LogP contribution in [-0.2, 0) is 14.3 Å². The molecule has 0 aliphatic heterocycles. The molecule has 0 amide bonds. The number of carbonyl (C=O) groups excluding carboxylic acids is 2. The Morgan fingerprint density at radius 2 is 1.39 bits per heavy atom. The minimum absolute atomic E-state index is 0.193. The van der Waals surface area contributed by atoms with Crippen molar-refractivity contribution in [2.24, 2.45) is 0 Å². The lowest BCUT2D eigenvalue weighted by atomic mass is 9.97. The van der Waals surface area contributed by atoms with Gasteiger partial charge in [0.2, 0.25) is 11.4 Å². The Hall–Kier alpha value is -0.940. The molecule has 0 aromatic heterocycles. The summed E-state index contributed by atoms with van der Waals surface area (Å²) < 4.78 is 4.93. The third-order valence-corrected chi connectivity index (χ3v) is 3.99. The first-order valence-electron chi connectivity index (χ1n) is 8.96. The Morgan fingerprint density at radius 3 is 1.83 bits per heavy atom. The quantitative estimate of drug-likeness (QED) is 0.290. The van der Waals surface area contributed by atoms with E-state index >= 15 is 0 Å². The van der Waals surface area contributed by atoms with E-state index in [1.807, 2.05) is 0 Å². The lowest BCUT2D eigenvalue weighted by molar-refractivity contribution is -0.171. The zero-order valence-electron chi connectivity index (χ0n) is 15.0. The van der Waals surface area contributed by atoms with Gasteiger partial charge in [0.25, 0.3) is 0 Å². The van der Waals surface area contributed by atoms with Crippen LogP contribution in [0.5, 0.6) is 0 Å². The zero-order valence-corrected chi connectivity index (χ0v) is 15.0. The molecular weight excluding hydrogens is 296 g/mol. The highest BCUT2D eigenvalue weighted by molar-refractivity contribution is 6.08. The van der Waals surface area contributed by atoms with Crippen LogP contribution < -0.4 is 0 Å². The minimum Gasteiger partial charge on any atom is -0.463 e. The molecule has 2 atom stereocenters. The Kier molecular flexibility index (Phi) is 12.0. The van der Waals surface area contributed by atoms with E-state index in [9.17, 15) is 14.7 Å². The number of esters is 1. The first kappa shape index (κ1) is 22.1. The van der Waals surface area contributed by atoms with Crippen molar-refractivity contribution in [3.63, 3.8) is 0 Å². The molecule has 0 heterocycles. The molecule has 1 unspecified atom stereocenters. The van der Waals surface area contributed by atoms with Gasteiger partial charge in [-0.25, -0.2) is 4.79 Å². The number of unbranched alkanes of at least 4 members (excludes halogenated alkanes) is 9. The van der Waals surface area contributed by atoms with E-state index in [1.54, 1.807) is 0 Å². The predicted molar refractivity (Wildman–Crippen MR) is 90.1 cm³/mol. The van der Waals surface area contributed by atoms with Gasteiger partial charge in [0.05, 0.1) is 6.61 Å². The summed E-state index contributed by atoms with van der Waals surface area (Å²) in [6.07, 6.45) is 10.4. The summed E-state index contributed by atoms with van der Waals surface area (Å²) in [6.45, 7) is 4.68. The van der Waals surface area contributed by atoms with Crippen LogP contribution in [0, 0.1) is 0 Å². The van der Waals surface area contributed by atoms with Crippen molar-refractivity contribution in [2.75, 3.05) is 6.61 Å². The van der Waals surface area contributed by atoms with Crippen LogP contribution in [0.15, 0.2) is 0 Å². The molecule has 0 rings (SSSR count). The average molecular weight is 330 g/mol. The number of carbonyl (C=O) groups is 2. The van der Waals surface area contributed by atoms with Crippen molar-refractivity contribution < 1.29 is 24.5 Å². The van der Waals surface area contributed by atoms with E-state index in [2.05, 4.69) is 6.92 Å². The summed E-state index contributed by atoms with van der Waals surface area (Å²) in [5, 5.41) is 18.9. The highest BCUT2D eigenvalue weighted by Gasteiger charge is 2.42. The van der Waals surface area contributed by atoms with Crippen molar-refractivity contribution in [3.8, 4) is 0 Å². The molecular formula is C18H34O5. The highest BCUT2D eigenvalue weighted by atomic mass is 16.6. The Balaban J connectivity index is 3.61. The minimum atomic E-state index is -2.27. The molecule has 136 valence electrons. The normalized spacial score (nSPS) is 15.0. The van der Waals surface area contributed by atoms with Gasteiger partial charge in [-0.1, -0.05) is 64.7 Å². The molecule has 5 nitrogen and oxygen atoms in total. The van der Waals surface area contributed by atoms with E-state index in [0.717, 1.165) is 26.2 Å². The lowest BCUT2D eigenvalue weighted by Crippen LogP contribution is -2.49. The van der Waals surface area contributed by atoms with Crippen molar-refractivity contribution in [2.45, 2.75) is 96.7 Å². The van der Waals surface area contributed by atoms with Gasteiger partial charge in [-0.3, -0.25) is 4.79 Å². The number of aliphatic hydroxyl groups excluding tert-OH is 1.